The molecule has 2 aromatic carbocycles. The highest BCUT2D eigenvalue weighted by Crippen LogP contribution is 2.29. The highest BCUT2D eigenvalue weighted by Gasteiger charge is 2.14. The van der Waals surface area contributed by atoms with Crippen molar-refractivity contribution in [3.8, 4) is 5.75 Å². The van der Waals surface area contributed by atoms with Gasteiger partial charge >= 0.3 is 5.97 Å². The molecule has 0 fully saturated rings. The lowest BCUT2D eigenvalue weighted by Gasteiger charge is -2.17. The van der Waals surface area contributed by atoms with E-state index in [2.05, 4.69) is 12.1 Å². The number of fused-ring (bicyclic) bond motifs is 1. The zero-order valence-electron chi connectivity index (χ0n) is 14.7. The van der Waals surface area contributed by atoms with Gasteiger partial charge < -0.3 is 15.2 Å². The van der Waals surface area contributed by atoms with Gasteiger partial charge in [-0.25, -0.2) is 0 Å². The molecule has 0 amide bonds. The average Bonchev–Trinajstić information content (AvgIpc) is 2.66. The van der Waals surface area contributed by atoms with Crippen LogP contribution in [-0.4, -0.2) is 18.9 Å². The molecule has 1 aliphatic carbocycles. The van der Waals surface area contributed by atoms with E-state index in [4.69, 9.17) is 20.6 Å². The minimum atomic E-state index is -0.207. The van der Waals surface area contributed by atoms with Crippen molar-refractivity contribution in [1.82, 2.24) is 0 Å². The first-order chi connectivity index (χ1) is 12.5. The molecule has 0 saturated heterocycles. The number of carbonyl (C=O) groups excluding carboxylic acids is 1. The van der Waals surface area contributed by atoms with Gasteiger partial charge in [-0.1, -0.05) is 42.0 Å². The summed E-state index contributed by atoms with van der Waals surface area (Å²) in [5.74, 6) is 0.637. The molecule has 3 N–H and O–H groups in total. The monoisotopic (exact) mass is 350 g/mol. The number of hydrogen-bond donors (Lipinski definition) is 2. The lowest BCUT2D eigenvalue weighted by molar-refractivity contribution is -0.139. The number of aryl methyl sites for hydroxylation is 1. The fourth-order valence-electron chi connectivity index (χ4n) is 2.96. The molecule has 0 unspecified atom stereocenters. The lowest BCUT2D eigenvalue weighted by Crippen LogP contribution is -2.10. The van der Waals surface area contributed by atoms with Gasteiger partial charge in [0.25, 0.3) is 0 Å². The van der Waals surface area contributed by atoms with E-state index in [1.54, 1.807) is 0 Å². The highest BCUT2D eigenvalue weighted by molar-refractivity contribution is 5.94. The van der Waals surface area contributed by atoms with Crippen LogP contribution in [0.3, 0.4) is 0 Å². The van der Waals surface area contributed by atoms with E-state index in [9.17, 15) is 4.79 Å². The first kappa shape index (κ1) is 17.7. The van der Waals surface area contributed by atoms with Crippen LogP contribution in [0, 0.1) is 5.41 Å². The summed E-state index contributed by atoms with van der Waals surface area (Å²) in [6, 6.07) is 13.5. The third-order valence-corrected chi connectivity index (χ3v) is 4.46. The summed E-state index contributed by atoms with van der Waals surface area (Å²) < 4.78 is 10.6. The number of ether oxygens (including phenoxy) is 2. The molecule has 1 aliphatic rings. The molecule has 3 rings (SSSR count). The van der Waals surface area contributed by atoms with Crippen molar-refractivity contribution >= 4 is 17.9 Å². The van der Waals surface area contributed by atoms with Crippen LogP contribution in [0.2, 0.25) is 0 Å². The summed E-state index contributed by atoms with van der Waals surface area (Å²) in [5, 5.41) is 7.41. The van der Waals surface area contributed by atoms with Gasteiger partial charge in [-0.15, -0.1) is 0 Å². The maximum Gasteiger partial charge on any atom is 0.309 e. The van der Waals surface area contributed by atoms with Gasteiger partial charge in [-0.3, -0.25) is 10.2 Å². The Labute approximate surface area is 152 Å². The Bertz CT molecular complexity index is 854. The van der Waals surface area contributed by atoms with Crippen molar-refractivity contribution < 1.29 is 14.3 Å². The predicted octanol–water partition coefficient (Wildman–Crippen LogP) is 3.44. The number of nitrogen functional groups attached to an aromatic ring is 1. The quantitative estimate of drug-likeness (QED) is 0.475. The van der Waals surface area contributed by atoms with Crippen LogP contribution in [0.15, 0.2) is 48.0 Å². The number of esters is 1. The van der Waals surface area contributed by atoms with E-state index >= 15 is 0 Å². The van der Waals surface area contributed by atoms with Crippen LogP contribution < -0.4 is 10.5 Å². The second-order valence-electron chi connectivity index (χ2n) is 6.32. The Kier molecular flexibility index (Phi) is 5.37. The molecule has 134 valence electrons. The van der Waals surface area contributed by atoms with E-state index in [1.165, 1.54) is 12.7 Å². The third-order valence-electron chi connectivity index (χ3n) is 4.46. The number of hydrogen-bond acceptors (Lipinski definition) is 4. The zero-order valence-corrected chi connectivity index (χ0v) is 14.7. The molecular formula is C21H22N2O3. The molecule has 5 heteroatoms. The number of benzene rings is 2. The summed E-state index contributed by atoms with van der Waals surface area (Å²) in [5.41, 5.74) is 10.6. The van der Waals surface area contributed by atoms with Crippen molar-refractivity contribution in [2.75, 3.05) is 7.11 Å². The number of carbonyl (C=O) groups is 1. The summed E-state index contributed by atoms with van der Waals surface area (Å²) in [7, 11) is 1.41. The molecular weight excluding hydrogens is 328 g/mol. The molecule has 0 aliphatic heterocycles. The summed E-state index contributed by atoms with van der Waals surface area (Å²) in [6.07, 6.45) is 4.20. The van der Waals surface area contributed by atoms with E-state index < -0.39 is 0 Å². The second-order valence-corrected chi connectivity index (χ2v) is 6.32. The van der Waals surface area contributed by atoms with E-state index in [-0.39, 0.29) is 11.8 Å². The lowest BCUT2D eigenvalue weighted by atomic mass is 9.90. The maximum absolute atomic E-state index is 11.5. The van der Waals surface area contributed by atoms with E-state index in [0.717, 1.165) is 35.3 Å². The summed E-state index contributed by atoms with van der Waals surface area (Å²) in [4.78, 5) is 11.5. The highest BCUT2D eigenvalue weighted by atomic mass is 16.5. The van der Waals surface area contributed by atoms with Gasteiger partial charge in [0.2, 0.25) is 0 Å². The van der Waals surface area contributed by atoms with Crippen LogP contribution in [-0.2, 0) is 22.6 Å². The first-order valence-corrected chi connectivity index (χ1v) is 8.50. The van der Waals surface area contributed by atoms with Crippen LogP contribution in [0.1, 0.15) is 35.1 Å². The molecule has 0 atom stereocenters. The first-order valence-electron chi connectivity index (χ1n) is 8.50. The van der Waals surface area contributed by atoms with Crippen molar-refractivity contribution in [2.24, 2.45) is 5.73 Å². The molecule has 0 saturated carbocycles. The van der Waals surface area contributed by atoms with Crippen LogP contribution >= 0.6 is 0 Å². The van der Waals surface area contributed by atoms with Gasteiger partial charge in [-0.2, -0.15) is 0 Å². The number of methoxy groups -OCH3 is 1. The molecule has 0 radical (unpaired) electrons. The molecule has 26 heavy (non-hydrogen) atoms. The summed E-state index contributed by atoms with van der Waals surface area (Å²) >= 11 is 0. The molecule has 2 aromatic rings. The van der Waals surface area contributed by atoms with Crippen molar-refractivity contribution in [3.63, 3.8) is 0 Å². The van der Waals surface area contributed by atoms with Crippen molar-refractivity contribution in [1.29, 1.82) is 5.41 Å². The molecule has 0 bridgehead atoms. The van der Waals surface area contributed by atoms with Gasteiger partial charge in [0.15, 0.2) is 0 Å². The molecule has 0 aromatic heterocycles. The fraction of sp³-hybridized carbons (Fsp3) is 0.238. The Morgan fingerprint density at radius 1 is 1.15 bits per heavy atom. The Morgan fingerprint density at radius 2 is 1.92 bits per heavy atom. The normalized spacial score (nSPS) is 12.7. The third kappa shape index (κ3) is 4.30. The topological polar surface area (TPSA) is 85.4 Å². The number of nitrogens with one attached hydrogen (secondary N) is 1. The Hall–Kier alpha value is -3.08. The Morgan fingerprint density at radius 3 is 2.62 bits per heavy atom. The number of nitrogens with two attached hydrogens (primary N) is 1. The molecule has 5 nitrogen and oxygen atoms in total. The molecule has 0 spiro atoms. The van der Waals surface area contributed by atoms with E-state index in [1.807, 2.05) is 36.4 Å². The van der Waals surface area contributed by atoms with Crippen molar-refractivity contribution in [3.05, 3.63) is 70.3 Å². The largest absolute Gasteiger partial charge is 0.489 e. The maximum atomic E-state index is 11.5. The number of rotatable bonds is 6. The van der Waals surface area contributed by atoms with E-state index in [0.29, 0.717) is 18.6 Å². The van der Waals surface area contributed by atoms with Crippen LogP contribution in [0.25, 0.3) is 6.08 Å². The van der Waals surface area contributed by atoms with Gasteiger partial charge in [0.1, 0.15) is 18.2 Å². The minimum Gasteiger partial charge on any atom is -0.489 e. The predicted molar refractivity (Wildman–Crippen MR) is 101 cm³/mol. The van der Waals surface area contributed by atoms with Gasteiger partial charge in [0, 0.05) is 5.56 Å². The number of amidine groups is 1. The average molecular weight is 350 g/mol. The van der Waals surface area contributed by atoms with Crippen LogP contribution in [0.5, 0.6) is 5.75 Å². The smallest absolute Gasteiger partial charge is 0.309 e. The van der Waals surface area contributed by atoms with Gasteiger partial charge in [0.05, 0.1) is 13.5 Å². The van der Waals surface area contributed by atoms with Crippen molar-refractivity contribution in [2.45, 2.75) is 25.9 Å². The Balaban J connectivity index is 1.68. The summed E-state index contributed by atoms with van der Waals surface area (Å²) in [6.45, 7) is 0.440. The molecule has 0 heterocycles. The SMILES string of the molecule is COC(=O)CC1=Cc2cc(OCc3ccc(C(=N)N)cc3)ccc2CC1. The fourth-order valence-corrected chi connectivity index (χ4v) is 2.96. The standard InChI is InChI=1S/C21H22N2O3/c1-25-20(24)11-15-4-5-16-8-9-19(12-18(16)10-15)26-13-14-2-6-17(7-3-14)21(22)23/h2-3,6-10,12H,4-5,11,13H2,1H3,(H3,22,23). The minimum absolute atomic E-state index is 0.0571. The zero-order chi connectivity index (χ0) is 18.5. The second kappa shape index (κ2) is 7.87. The van der Waals surface area contributed by atoms with Crippen LogP contribution in [0.4, 0.5) is 0 Å². The van der Waals surface area contributed by atoms with Gasteiger partial charge in [-0.05, 0) is 41.7 Å².